The zero-order valence-corrected chi connectivity index (χ0v) is 16.6. The molecule has 0 fully saturated rings. The van der Waals surface area contributed by atoms with Gasteiger partial charge in [0.2, 0.25) is 6.23 Å². The number of fused-ring (bicyclic) bond motifs is 4. The van der Waals surface area contributed by atoms with Crippen molar-refractivity contribution in [3.63, 3.8) is 0 Å². The van der Waals surface area contributed by atoms with Crippen molar-refractivity contribution in [2.75, 3.05) is 33.1 Å². The number of rotatable bonds is 4. The lowest BCUT2D eigenvalue weighted by molar-refractivity contribution is 0.0435. The predicted molar refractivity (Wildman–Crippen MR) is 107 cm³/mol. The lowest BCUT2D eigenvalue weighted by Crippen LogP contribution is -2.30. The summed E-state index contributed by atoms with van der Waals surface area (Å²) in [4.78, 5) is 19.5. The minimum atomic E-state index is -0.599. The van der Waals surface area contributed by atoms with Gasteiger partial charge in [0.25, 0.3) is 0 Å². The number of benzene rings is 2. The fourth-order valence-electron chi connectivity index (χ4n) is 4.09. The van der Waals surface area contributed by atoms with Crippen LogP contribution in [0.1, 0.15) is 28.0 Å². The Morgan fingerprint density at radius 1 is 1.17 bits per heavy atom. The highest BCUT2D eigenvalue weighted by atomic mass is 16.6. The van der Waals surface area contributed by atoms with Crippen LogP contribution in [0.3, 0.4) is 0 Å². The van der Waals surface area contributed by atoms with E-state index in [9.17, 15) is 4.79 Å². The molecule has 1 aromatic heterocycles. The van der Waals surface area contributed by atoms with E-state index < -0.39 is 12.2 Å². The SMILES string of the molecule is COc1ccc2c(c1OC)C(=O)O[C@H]2Nc1ccc2c(c1)nc1n2CCN(C)C1. The molecule has 0 spiro atoms. The van der Waals surface area contributed by atoms with Gasteiger partial charge in [0.1, 0.15) is 11.4 Å². The topological polar surface area (TPSA) is 77.9 Å². The largest absolute Gasteiger partial charge is 0.493 e. The summed E-state index contributed by atoms with van der Waals surface area (Å²) in [5.41, 5.74) is 4.00. The van der Waals surface area contributed by atoms with Gasteiger partial charge in [-0.25, -0.2) is 9.78 Å². The third kappa shape index (κ3) is 2.79. The summed E-state index contributed by atoms with van der Waals surface area (Å²) in [7, 11) is 5.15. The first-order valence-corrected chi connectivity index (χ1v) is 9.49. The third-order valence-corrected chi connectivity index (χ3v) is 5.53. The van der Waals surface area contributed by atoms with Crippen LogP contribution < -0.4 is 14.8 Å². The molecule has 1 atom stereocenters. The molecule has 0 saturated heterocycles. The van der Waals surface area contributed by atoms with Gasteiger partial charge in [-0.05, 0) is 37.4 Å². The van der Waals surface area contributed by atoms with Crippen LogP contribution in [0.4, 0.5) is 5.69 Å². The summed E-state index contributed by atoms with van der Waals surface area (Å²) in [5.74, 6) is 1.52. The smallest absolute Gasteiger partial charge is 0.344 e. The monoisotopic (exact) mass is 394 g/mol. The lowest BCUT2D eigenvalue weighted by Gasteiger charge is -2.23. The molecule has 2 aromatic carbocycles. The number of carbonyl (C=O) groups is 1. The highest BCUT2D eigenvalue weighted by Gasteiger charge is 2.36. The van der Waals surface area contributed by atoms with Crippen LogP contribution in [0.25, 0.3) is 11.0 Å². The Hall–Kier alpha value is -3.26. The maximum Gasteiger partial charge on any atom is 0.344 e. The van der Waals surface area contributed by atoms with Crippen molar-refractivity contribution in [2.45, 2.75) is 19.3 Å². The summed E-state index contributed by atoms with van der Waals surface area (Å²) in [6.07, 6.45) is -0.599. The molecule has 150 valence electrons. The first-order valence-electron chi connectivity index (χ1n) is 9.49. The second kappa shape index (κ2) is 6.66. The third-order valence-electron chi connectivity index (χ3n) is 5.53. The number of ether oxygens (including phenoxy) is 3. The number of cyclic esters (lactones) is 1. The van der Waals surface area contributed by atoms with Gasteiger partial charge < -0.3 is 24.1 Å². The number of hydrogen-bond acceptors (Lipinski definition) is 7. The molecular weight excluding hydrogens is 372 g/mol. The van der Waals surface area contributed by atoms with Gasteiger partial charge in [0.05, 0.1) is 31.8 Å². The predicted octanol–water partition coefficient (Wildman–Crippen LogP) is 2.78. The average molecular weight is 394 g/mol. The highest BCUT2D eigenvalue weighted by molar-refractivity contribution is 5.98. The molecule has 2 aliphatic rings. The fraction of sp³-hybridized carbons (Fsp3) is 0.333. The number of anilines is 1. The second-order valence-corrected chi connectivity index (χ2v) is 7.32. The van der Waals surface area contributed by atoms with E-state index in [-0.39, 0.29) is 0 Å². The van der Waals surface area contributed by atoms with Crippen LogP contribution in [0.2, 0.25) is 0 Å². The number of methoxy groups -OCH3 is 2. The van der Waals surface area contributed by atoms with E-state index >= 15 is 0 Å². The van der Waals surface area contributed by atoms with Crippen LogP contribution in [0.15, 0.2) is 30.3 Å². The Labute approximate surface area is 168 Å². The summed E-state index contributed by atoms with van der Waals surface area (Å²) >= 11 is 0. The van der Waals surface area contributed by atoms with Crippen molar-refractivity contribution in [2.24, 2.45) is 0 Å². The van der Waals surface area contributed by atoms with E-state index in [0.29, 0.717) is 17.1 Å². The molecule has 0 bridgehead atoms. The number of likely N-dealkylation sites (N-methyl/N-ethyl adjacent to an activating group) is 1. The fourth-order valence-corrected chi connectivity index (χ4v) is 4.09. The summed E-state index contributed by atoms with van der Waals surface area (Å²) < 4.78 is 18.5. The standard InChI is InChI=1S/C21H22N4O4/c1-24-8-9-25-15-6-4-12(10-14(15)23-17(25)11-24)22-20-13-5-7-16(27-2)19(28-3)18(13)21(26)29-20/h4-7,10,20,22H,8-9,11H2,1-3H3/t20-/m1/s1. The molecule has 3 heterocycles. The first kappa shape index (κ1) is 17.8. The number of imidazole rings is 1. The van der Waals surface area contributed by atoms with E-state index in [1.165, 1.54) is 14.2 Å². The van der Waals surface area contributed by atoms with Gasteiger partial charge in [0, 0.05) is 24.3 Å². The number of hydrogen-bond donors (Lipinski definition) is 1. The van der Waals surface area contributed by atoms with E-state index in [4.69, 9.17) is 19.2 Å². The Morgan fingerprint density at radius 2 is 2.03 bits per heavy atom. The number of nitrogens with zero attached hydrogens (tertiary/aromatic N) is 3. The van der Waals surface area contributed by atoms with Gasteiger partial charge >= 0.3 is 5.97 Å². The molecule has 0 radical (unpaired) electrons. The summed E-state index contributed by atoms with van der Waals surface area (Å²) in [6.45, 7) is 2.79. The Balaban J connectivity index is 1.47. The molecule has 3 aromatic rings. The molecule has 5 rings (SSSR count). The minimum Gasteiger partial charge on any atom is -0.493 e. The van der Waals surface area contributed by atoms with Gasteiger partial charge in [-0.2, -0.15) is 0 Å². The summed E-state index contributed by atoms with van der Waals surface area (Å²) in [6, 6.07) is 9.64. The molecule has 0 aliphatic carbocycles. The van der Waals surface area contributed by atoms with Crippen molar-refractivity contribution in [1.82, 2.24) is 14.5 Å². The quantitative estimate of drug-likeness (QED) is 0.682. The van der Waals surface area contributed by atoms with Gasteiger partial charge in [0.15, 0.2) is 11.5 Å². The van der Waals surface area contributed by atoms with Gasteiger partial charge in [-0.15, -0.1) is 0 Å². The minimum absolute atomic E-state index is 0.389. The van der Waals surface area contributed by atoms with E-state index in [2.05, 4.69) is 27.9 Å². The zero-order chi connectivity index (χ0) is 20.1. The van der Waals surface area contributed by atoms with Crippen LogP contribution in [0, 0.1) is 0 Å². The molecule has 8 heteroatoms. The lowest BCUT2D eigenvalue weighted by atomic mass is 10.1. The Bertz CT molecular complexity index is 1120. The molecule has 1 N–H and O–H groups in total. The number of carbonyl (C=O) groups excluding carboxylic acids is 1. The van der Waals surface area contributed by atoms with Crippen molar-refractivity contribution >= 4 is 22.7 Å². The van der Waals surface area contributed by atoms with E-state index in [1.54, 1.807) is 6.07 Å². The highest BCUT2D eigenvalue weighted by Crippen LogP contribution is 2.42. The van der Waals surface area contributed by atoms with Crippen LogP contribution in [0.5, 0.6) is 11.5 Å². The first-order chi connectivity index (χ1) is 14.1. The van der Waals surface area contributed by atoms with Crippen LogP contribution in [-0.2, 0) is 17.8 Å². The molecule has 29 heavy (non-hydrogen) atoms. The number of aromatic nitrogens is 2. The van der Waals surface area contributed by atoms with Crippen LogP contribution in [-0.4, -0.2) is 48.2 Å². The average Bonchev–Trinajstić information content (AvgIpc) is 3.23. The molecule has 0 saturated carbocycles. The Kier molecular flexibility index (Phi) is 4.09. The number of nitrogens with one attached hydrogen (secondary N) is 1. The molecule has 2 aliphatic heterocycles. The van der Waals surface area contributed by atoms with Gasteiger partial charge in [-0.1, -0.05) is 0 Å². The van der Waals surface area contributed by atoms with Crippen molar-refractivity contribution in [3.8, 4) is 11.5 Å². The summed E-state index contributed by atoms with van der Waals surface area (Å²) in [5, 5.41) is 3.30. The zero-order valence-electron chi connectivity index (χ0n) is 16.6. The molecule has 0 unspecified atom stereocenters. The van der Waals surface area contributed by atoms with Crippen molar-refractivity contribution in [3.05, 3.63) is 47.3 Å². The molecule has 8 nitrogen and oxygen atoms in total. The second-order valence-electron chi connectivity index (χ2n) is 7.32. The van der Waals surface area contributed by atoms with E-state index in [1.807, 2.05) is 18.2 Å². The normalized spacial score (nSPS) is 18.3. The van der Waals surface area contributed by atoms with Gasteiger partial charge in [-0.3, -0.25) is 4.90 Å². The number of esters is 1. The Morgan fingerprint density at radius 3 is 2.83 bits per heavy atom. The maximum absolute atomic E-state index is 12.5. The van der Waals surface area contributed by atoms with Crippen molar-refractivity contribution < 1.29 is 19.0 Å². The maximum atomic E-state index is 12.5. The van der Waals surface area contributed by atoms with E-state index in [0.717, 1.165) is 47.7 Å². The van der Waals surface area contributed by atoms with Crippen LogP contribution >= 0.6 is 0 Å². The molecule has 0 amide bonds. The van der Waals surface area contributed by atoms with Crippen molar-refractivity contribution in [1.29, 1.82) is 0 Å². The molecular formula is C21H22N4O4.